The molecule has 2 nitrogen and oxygen atoms in total. The standard InChI is InChI=1S/C6H10O2S/c1-5(7)3-4-9-6(2)8/h3,7H,4H2,1-2H3/b5-3-. The molecule has 52 valence electrons. The van der Waals surface area contributed by atoms with Gasteiger partial charge in [-0.1, -0.05) is 11.8 Å². The predicted molar refractivity (Wildman–Crippen MR) is 39.5 cm³/mol. The normalized spacial score (nSPS) is 11.6. The van der Waals surface area contributed by atoms with E-state index < -0.39 is 0 Å². The molecule has 0 fully saturated rings. The van der Waals surface area contributed by atoms with Crippen molar-refractivity contribution in [2.45, 2.75) is 13.8 Å². The van der Waals surface area contributed by atoms with Crippen molar-refractivity contribution in [3.63, 3.8) is 0 Å². The highest BCUT2D eigenvalue weighted by atomic mass is 32.2. The van der Waals surface area contributed by atoms with E-state index in [0.717, 1.165) is 0 Å². The van der Waals surface area contributed by atoms with Gasteiger partial charge in [-0.15, -0.1) is 0 Å². The van der Waals surface area contributed by atoms with E-state index in [-0.39, 0.29) is 10.9 Å². The SMILES string of the molecule is CC(=O)SC/C=C(/C)O. The van der Waals surface area contributed by atoms with Gasteiger partial charge in [-0.2, -0.15) is 0 Å². The van der Waals surface area contributed by atoms with Crippen LogP contribution in [-0.2, 0) is 4.79 Å². The summed E-state index contributed by atoms with van der Waals surface area (Å²) in [6.07, 6.45) is 1.60. The Bertz CT molecular complexity index is 125. The first kappa shape index (κ1) is 8.56. The van der Waals surface area contributed by atoms with E-state index >= 15 is 0 Å². The fraction of sp³-hybridized carbons (Fsp3) is 0.500. The van der Waals surface area contributed by atoms with Crippen LogP contribution in [0.5, 0.6) is 0 Å². The zero-order valence-electron chi connectivity index (χ0n) is 5.55. The number of hydrogen-bond acceptors (Lipinski definition) is 3. The van der Waals surface area contributed by atoms with Crippen LogP contribution in [0.2, 0.25) is 0 Å². The number of rotatable bonds is 2. The minimum absolute atomic E-state index is 0.0764. The molecule has 0 spiro atoms. The number of aliphatic hydroxyl groups is 1. The van der Waals surface area contributed by atoms with Crippen LogP contribution in [0.3, 0.4) is 0 Å². The third-order valence-electron chi connectivity index (χ3n) is 0.665. The molecule has 0 aromatic rings. The Morgan fingerprint density at radius 2 is 2.22 bits per heavy atom. The Morgan fingerprint density at radius 1 is 1.67 bits per heavy atom. The van der Waals surface area contributed by atoms with E-state index in [2.05, 4.69) is 0 Å². The van der Waals surface area contributed by atoms with Gasteiger partial charge in [-0.3, -0.25) is 4.79 Å². The van der Waals surface area contributed by atoms with E-state index in [1.54, 1.807) is 13.0 Å². The quantitative estimate of drug-likeness (QED) is 0.603. The molecule has 3 heteroatoms. The van der Waals surface area contributed by atoms with E-state index in [0.29, 0.717) is 5.75 Å². The van der Waals surface area contributed by atoms with Gasteiger partial charge in [-0.05, 0) is 13.0 Å². The highest BCUT2D eigenvalue weighted by Crippen LogP contribution is 2.01. The first-order valence-corrected chi connectivity index (χ1v) is 3.60. The van der Waals surface area contributed by atoms with Crippen molar-refractivity contribution in [1.82, 2.24) is 0 Å². The third kappa shape index (κ3) is 7.56. The maximum Gasteiger partial charge on any atom is 0.186 e. The Labute approximate surface area is 59.0 Å². The number of thioether (sulfide) groups is 1. The van der Waals surface area contributed by atoms with E-state index in [1.165, 1.54) is 18.7 Å². The summed E-state index contributed by atoms with van der Waals surface area (Å²) in [4.78, 5) is 10.3. The summed E-state index contributed by atoms with van der Waals surface area (Å²) in [5.74, 6) is 0.834. The fourth-order valence-electron chi connectivity index (χ4n) is 0.280. The van der Waals surface area contributed by atoms with Crippen LogP contribution in [0.25, 0.3) is 0 Å². The molecule has 0 rings (SSSR count). The van der Waals surface area contributed by atoms with Gasteiger partial charge in [0, 0.05) is 12.7 Å². The van der Waals surface area contributed by atoms with Crippen molar-refractivity contribution >= 4 is 16.9 Å². The summed E-state index contributed by atoms with van der Waals surface area (Å²) in [5, 5.41) is 8.68. The summed E-state index contributed by atoms with van der Waals surface area (Å²) in [7, 11) is 0. The smallest absolute Gasteiger partial charge is 0.186 e. The lowest BCUT2D eigenvalue weighted by Gasteiger charge is -1.88. The molecular weight excluding hydrogens is 136 g/mol. The molecule has 0 amide bonds. The lowest BCUT2D eigenvalue weighted by Crippen LogP contribution is -1.82. The van der Waals surface area contributed by atoms with Gasteiger partial charge < -0.3 is 5.11 Å². The first-order chi connectivity index (χ1) is 4.13. The molecule has 0 heterocycles. The molecule has 0 bridgehead atoms. The predicted octanol–water partition coefficient (Wildman–Crippen LogP) is 1.73. The average Bonchev–Trinajstić information content (AvgIpc) is 1.63. The molecule has 1 N–H and O–H groups in total. The molecule has 0 atom stereocenters. The summed E-state index contributed by atoms with van der Waals surface area (Å²) in [5.41, 5.74) is 0. The van der Waals surface area contributed by atoms with Crippen molar-refractivity contribution in [1.29, 1.82) is 0 Å². The number of carbonyl (C=O) groups is 1. The summed E-state index contributed by atoms with van der Waals surface area (Å²) in [6.45, 7) is 3.09. The van der Waals surface area contributed by atoms with Crippen LogP contribution in [0.15, 0.2) is 11.8 Å². The van der Waals surface area contributed by atoms with Crippen LogP contribution in [0.4, 0.5) is 0 Å². The minimum Gasteiger partial charge on any atom is -0.513 e. The lowest BCUT2D eigenvalue weighted by atomic mass is 10.5. The van der Waals surface area contributed by atoms with E-state index in [1.807, 2.05) is 0 Å². The van der Waals surface area contributed by atoms with E-state index in [4.69, 9.17) is 5.11 Å². The second-order valence-electron chi connectivity index (χ2n) is 1.65. The van der Waals surface area contributed by atoms with Crippen molar-refractivity contribution in [2.24, 2.45) is 0 Å². The van der Waals surface area contributed by atoms with Crippen molar-refractivity contribution in [3.8, 4) is 0 Å². The molecule has 0 saturated carbocycles. The number of carbonyl (C=O) groups excluding carboxylic acids is 1. The molecule has 0 aliphatic rings. The molecule has 0 aromatic carbocycles. The summed E-state index contributed by atoms with van der Waals surface area (Å²) >= 11 is 1.18. The van der Waals surface area contributed by atoms with Crippen molar-refractivity contribution < 1.29 is 9.90 Å². The Hall–Kier alpha value is -0.440. The second-order valence-corrected chi connectivity index (χ2v) is 2.85. The number of aliphatic hydroxyl groups excluding tert-OH is 1. The maximum atomic E-state index is 10.3. The van der Waals surface area contributed by atoms with Crippen LogP contribution in [0.1, 0.15) is 13.8 Å². The van der Waals surface area contributed by atoms with Gasteiger partial charge in [-0.25, -0.2) is 0 Å². The topological polar surface area (TPSA) is 37.3 Å². The lowest BCUT2D eigenvalue weighted by molar-refractivity contribution is -0.109. The molecular formula is C6H10O2S. The van der Waals surface area contributed by atoms with Crippen LogP contribution < -0.4 is 0 Å². The Morgan fingerprint density at radius 3 is 2.56 bits per heavy atom. The first-order valence-electron chi connectivity index (χ1n) is 2.62. The summed E-state index contributed by atoms with van der Waals surface area (Å²) < 4.78 is 0. The van der Waals surface area contributed by atoms with Gasteiger partial charge >= 0.3 is 0 Å². The monoisotopic (exact) mass is 146 g/mol. The summed E-state index contributed by atoms with van der Waals surface area (Å²) in [6, 6.07) is 0. The molecule has 0 radical (unpaired) electrons. The Kier molecular flexibility index (Phi) is 4.22. The molecule has 0 saturated heterocycles. The molecule has 9 heavy (non-hydrogen) atoms. The molecule has 0 aromatic heterocycles. The highest BCUT2D eigenvalue weighted by molar-refractivity contribution is 8.13. The van der Waals surface area contributed by atoms with Crippen LogP contribution >= 0.6 is 11.8 Å². The minimum atomic E-state index is 0.0764. The zero-order valence-corrected chi connectivity index (χ0v) is 6.36. The maximum absolute atomic E-state index is 10.3. The molecule has 0 aliphatic carbocycles. The third-order valence-corrected chi connectivity index (χ3v) is 1.41. The Balaban J connectivity index is 3.31. The van der Waals surface area contributed by atoms with Crippen molar-refractivity contribution in [2.75, 3.05) is 5.75 Å². The largest absolute Gasteiger partial charge is 0.513 e. The van der Waals surface area contributed by atoms with Crippen LogP contribution in [-0.4, -0.2) is 16.0 Å². The zero-order chi connectivity index (χ0) is 7.28. The second kappa shape index (κ2) is 4.44. The van der Waals surface area contributed by atoms with Gasteiger partial charge in [0.05, 0.1) is 5.76 Å². The molecule has 0 aliphatic heterocycles. The van der Waals surface area contributed by atoms with Gasteiger partial charge in [0.25, 0.3) is 0 Å². The molecule has 0 unspecified atom stereocenters. The van der Waals surface area contributed by atoms with Crippen molar-refractivity contribution in [3.05, 3.63) is 11.8 Å². The number of allylic oxidation sites excluding steroid dienone is 1. The fourth-order valence-corrected chi connectivity index (χ4v) is 0.839. The van der Waals surface area contributed by atoms with Gasteiger partial charge in [0.1, 0.15) is 0 Å². The van der Waals surface area contributed by atoms with Crippen LogP contribution in [0, 0.1) is 0 Å². The van der Waals surface area contributed by atoms with Gasteiger partial charge in [0.2, 0.25) is 0 Å². The average molecular weight is 146 g/mol. The van der Waals surface area contributed by atoms with Gasteiger partial charge in [0.15, 0.2) is 5.12 Å². The highest BCUT2D eigenvalue weighted by Gasteiger charge is 1.89. The number of hydrogen-bond donors (Lipinski definition) is 1. The van der Waals surface area contributed by atoms with E-state index in [9.17, 15) is 4.79 Å².